The van der Waals surface area contributed by atoms with E-state index in [4.69, 9.17) is 0 Å². The van der Waals surface area contributed by atoms with Crippen molar-refractivity contribution < 1.29 is 14.3 Å². The summed E-state index contributed by atoms with van der Waals surface area (Å²) in [5.41, 5.74) is 1.18. The first-order valence-electron chi connectivity index (χ1n) is 8.38. The predicted octanol–water partition coefficient (Wildman–Crippen LogP) is 3.53. The molecule has 0 fully saturated rings. The largest absolute Gasteiger partial charge is 0.365 e. The van der Waals surface area contributed by atoms with Gasteiger partial charge < -0.3 is 15.7 Å². The lowest BCUT2D eigenvalue weighted by atomic mass is 9.97. The molecule has 0 spiro atoms. The summed E-state index contributed by atoms with van der Waals surface area (Å²) in [7, 11) is 0. The summed E-state index contributed by atoms with van der Waals surface area (Å²) in [4.78, 5) is 11.4. The minimum absolute atomic E-state index is 0.267. The van der Waals surface area contributed by atoms with Crippen molar-refractivity contribution in [3.8, 4) is 11.1 Å². The molecule has 134 valence electrons. The van der Waals surface area contributed by atoms with Gasteiger partial charge in [0.25, 0.3) is 0 Å². The van der Waals surface area contributed by atoms with E-state index in [1.54, 1.807) is 30.4 Å². The van der Waals surface area contributed by atoms with Gasteiger partial charge in [0.05, 0.1) is 6.04 Å². The minimum atomic E-state index is -1.54. The molecule has 2 unspecified atom stereocenters. The Kier molecular flexibility index (Phi) is 4.91. The number of carbonyl (C=O) groups is 1. The molecule has 0 aliphatic heterocycles. The van der Waals surface area contributed by atoms with Crippen LogP contribution in [0, 0.1) is 12.7 Å². The first kappa shape index (κ1) is 17.9. The van der Waals surface area contributed by atoms with Crippen LogP contribution in [-0.2, 0) is 4.79 Å². The van der Waals surface area contributed by atoms with Crippen molar-refractivity contribution in [2.75, 3.05) is 5.32 Å². The smallest absolute Gasteiger partial charge is 0.217 e. The number of allylic oxidation sites excluding steroid dienone is 2. The van der Waals surface area contributed by atoms with Gasteiger partial charge in [0.2, 0.25) is 5.91 Å². The van der Waals surface area contributed by atoms with E-state index in [2.05, 4.69) is 10.6 Å². The third-order valence-electron chi connectivity index (χ3n) is 4.35. The van der Waals surface area contributed by atoms with Gasteiger partial charge in [-0.2, -0.15) is 0 Å². The fourth-order valence-electron chi connectivity index (χ4n) is 3.04. The van der Waals surface area contributed by atoms with Gasteiger partial charge in [0, 0.05) is 18.2 Å². The average molecular weight is 352 g/mol. The molecule has 3 rings (SSSR count). The fraction of sp³-hybridized carbons (Fsp3) is 0.190. The summed E-state index contributed by atoms with van der Waals surface area (Å²) in [6, 6.07) is 11.7. The van der Waals surface area contributed by atoms with Crippen LogP contribution in [0.2, 0.25) is 0 Å². The summed E-state index contributed by atoms with van der Waals surface area (Å²) in [6.45, 7) is 3.31. The molecule has 2 atom stereocenters. The number of aryl methyl sites for hydroxylation is 1. The summed E-state index contributed by atoms with van der Waals surface area (Å²) in [6.07, 6.45) is 6.61. The van der Waals surface area contributed by atoms with Gasteiger partial charge >= 0.3 is 0 Å². The van der Waals surface area contributed by atoms with E-state index in [-0.39, 0.29) is 11.7 Å². The predicted molar refractivity (Wildman–Crippen MR) is 101 cm³/mol. The maximum absolute atomic E-state index is 14.7. The summed E-state index contributed by atoms with van der Waals surface area (Å²) in [5.74, 6) is -0.657. The van der Waals surface area contributed by atoms with Crippen molar-refractivity contribution in [3.05, 3.63) is 78.1 Å². The van der Waals surface area contributed by atoms with Crippen LogP contribution in [0.3, 0.4) is 0 Å². The Hall–Kier alpha value is -2.92. The van der Waals surface area contributed by atoms with E-state index in [1.807, 2.05) is 31.2 Å². The van der Waals surface area contributed by atoms with Crippen LogP contribution in [0.15, 0.2) is 66.8 Å². The molecular formula is C21H21FN2O2. The number of carbonyl (C=O) groups excluding carboxylic acids is 1. The number of nitrogens with one attached hydrogen (secondary N) is 2. The van der Waals surface area contributed by atoms with E-state index in [0.29, 0.717) is 11.3 Å². The first-order valence-corrected chi connectivity index (χ1v) is 8.38. The van der Waals surface area contributed by atoms with Gasteiger partial charge in [0.1, 0.15) is 5.82 Å². The molecule has 0 saturated carbocycles. The second kappa shape index (κ2) is 7.14. The molecule has 26 heavy (non-hydrogen) atoms. The van der Waals surface area contributed by atoms with Crippen molar-refractivity contribution in [2.24, 2.45) is 0 Å². The van der Waals surface area contributed by atoms with Crippen LogP contribution in [0.25, 0.3) is 11.1 Å². The number of rotatable bonds is 4. The van der Waals surface area contributed by atoms with Crippen LogP contribution < -0.4 is 10.6 Å². The number of hydrogen-bond acceptors (Lipinski definition) is 3. The summed E-state index contributed by atoms with van der Waals surface area (Å²) < 4.78 is 14.7. The highest BCUT2D eigenvalue weighted by atomic mass is 19.1. The molecule has 0 bridgehead atoms. The molecule has 1 aliphatic carbocycles. The summed E-state index contributed by atoms with van der Waals surface area (Å²) in [5, 5.41) is 16.4. The van der Waals surface area contributed by atoms with Crippen LogP contribution >= 0.6 is 0 Å². The second-order valence-corrected chi connectivity index (χ2v) is 6.38. The SMILES string of the molecule is CC(=O)NC1C=CC=CC1(O)Nc1ccc(-c2ccccc2C)c(F)c1. The van der Waals surface area contributed by atoms with Gasteiger partial charge in [-0.25, -0.2) is 4.39 Å². The maximum atomic E-state index is 14.7. The quantitative estimate of drug-likeness (QED) is 0.738. The Bertz CT molecular complexity index is 891. The van der Waals surface area contributed by atoms with E-state index in [0.717, 1.165) is 11.1 Å². The molecule has 0 saturated heterocycles. The van der Waals surface area contributed by atoms with Crippen molar-refractivity contribution in [1.29, 1.82) is 0 Å². The molecule has 3 N–H and O–H groups in total. The number of benzene rings is 2. The normalized spacial score (nSPS) is 21.5. The molecule has 4 nitrogen and oxygen atoms in total. The molecular weight excluding hydrogens is 331 g/mol. The van der Waals surface area contributed by atoms with Gasteiger partial charge in [0.15, 0.2) is 5.72 Å². The Labute approximate surface area is 152 Å². The monoisotopic (exact) mass is 352 g/mol. The van der Waals surface area contributed by atoms with Gasteiger partial charge in [-0.1, -0.05) is 42.5 Å². The fourth-order valence-corrected chi connectivity index (χ4v) is 3.04. The van der Waals surface area contributed by atoms with E-state index in [1.165, 1.54) is 19.1 Å². The Morgan fingerprint density at radius 2 is 1.92 bits per heavy atom. The third kappa shape index (κ3) is 3.68. The molecule has 1 amide bonds. The zero-order chi connectivity index (χ0) is 18.7. The lowest BCUT2D eigenvalue weighted by Gasteiger charge is -2.35. The lowest BCUT2D eigenvalue weighted by molar-refractivity contribution is -0.120. The lowest BCUT2D eigenvalue weighted by Crippen LogP contribution is -2.55. The van der Waals surface area contributed by atoms with Gasteiger partial charge in [-0.15, -0.1) is 0 Å². The number of anilines is 1. The highest BCUT2D eigenvalue weighted by Gasteiger charge is 2.34. The van der Waals surface area contributed by atoms with Gasteiger partial charge in [-0.05, 0) is 42.3 Å². The van der Waals surface area contributed by atoms with E-state index in [9.17, 15) is 14.3 Å². The number of halogens is 1. The standard InChI is InChI=1S/C21H21FN2O2/c1-14-7-3-4-8-17(14)18-11-10-16(13-19(18)22)24-21(26)12-6-5-9-20(21)23-15(2)25/h3-13,20,24,26H,1-2H3,(H,23,25). The number of amides is 1. The average Bonchev–Trinajstić information content (AvgIpc) is 2.58. The van der Waals surface area contributed by atoms with E-state index < -0.39 is 11.8 Å². The Morgan fingerprint density at radius 1 is 1.15 bits per heavy atom. The topological polar surface area (TPSA) is 61.4 Å². The molecule has 1 aliphatic rings. The van der Waals surface area contributed by atoms with Crippen molar-refractivity contribution >= 4 is 11.6 Å². The number of aliphatic hydroxyl groups is 1. The first-order chi connectivity index (χ1) is 12.4. The van der Waals surface area contributed by atoms with Crippen molar-refractivity contribution in [1.82, 2.24) is 5.32 Å². The molecule has 0 radical (unpaired) electrons. The zero-order valence-corrected chi connectivity index (χ0v) is 14.7. The van der Waals surface area contributed by atoms with Crippen molar-refractivity contribution in [2.45, 2.75) is 25.6 Å². The van der Waals surface area contributed by atoms with Crippen LogP contribution in [0.4, 0.5) is 10.1 Å². The highest BCUT2D eigenvalue weighted by molar-refractivity contribution is 5.74. The number of hydrogen-bond donors (Lipinski definition) is 3. The van der Waals surface area contributed by atoms with Crippen molar-refractivity contribution in [3.63, 3.8) is 0 Å². The minimum Gasteiger partial charge on any atom is -0.365 e. The molecule has 2 aromatic carbocycles. The second-order valence-electron chi connectivity index (χ2n) is 6.38. The van der Waals surface area contributed by atoms with Crippen LogP contribution in [-0.4, -0.2) is 22.8 Å². The molecule has 2 aromatic rings. The van der Waals surface area contributed by atoms with Gasteiger partial charge in [-0.3, -0.25) is 4.79 Å². The maximum Gasteiger partial charge on any atom is 0.217 e. The zero-order valence-electron chi connectivity index (χ0n) is 14.7. The highest BCUT2D eigenvalue weighted by Crippen LogP contribution is 2.29. The molecule has 0 aromatic heterocycles. The Morgan fingerprint density at radius 3 is 2.62 bits per heavy atom. The van der Waals surface area contributed by atoms with Crippen LogP contribution in [0.5, 0.6) is 0 Å². The third-order valence-corrected chi connectivity index (χ3v) is 4.35. The molecule has 5 heteroatoms. The van der Waals surface area contributed by atoms with Crippen LogP contribution in [0.1, 0.15) is 12.5 Å². The van der Waals surface area contributed by atoms with E-state index >= 15 is 0 Å². The molecule has 0 heterocycles. The Balaban J connectivity index is 1.88. The summed E-state index contributed by atoms with van der Waals surface area (Å²) >= 11 is 0.